The second-order valence-corrected chi connectivity index (χ2v) is 8.83. The molecule has 0 bridgehead atoms. The van der Waals surface area contributed by atoms with Crippen LogP contribution in [0.3, 0.4) is 0 Å². The van der Waals surface area contributed by atoms with Crippen LogP contribution < -0.4 is 0 Å². The van der Waals surface area contributed by atoms with Crippen molar-refractivity contribution in [3.05, 3.63) is 0 Å². The molecule has 0 amide bonds. The van der Waals surface area contributed by atoms with Gasteiger partial charge in [-0.15, -0.1) is 0 Å². The molecule has 0 radical (unpaired) electrons. The molecule has 56 valence electrons. The number of hydrogen-bond donors (Lipinski definition) is 0. The van der Waals surface area contributed by atoms with Gasteiger partial charge in [0.15, 0.2) is 0 Å². The van der Waals surface area contributed by atoms with Gasteiger partial charge in [0.1, 0.15) is 0 Å². The monoisotopic (exact) mass is 240 g/mol. The predicted octanol–water partition coefficient (Wildman–Crippen LogP) is 1.30. The van der Waals surface area contributed by atoms with Gasteiger partial charge in [0.2, 0.25) is 0 Å². The van der Waals surface area contributed by atoms with E-state index in [1.54, 1.807) is 14.2 Å². The van der Waals surface area contributed by atoms with Crippen molar-refractivity contribution in [3.8, 4) is 0 Å². The molecule has 0 aromatic carbocycles. The molecule has 0 aromatic heterocycles. The van der Waals surface area contributed by atoms with Crippen LogP contribution in [0.5, 0.6) is 0 Å². The van der Waals surface area contributed by atoms with E-state index in [0.29, 0.717) is 0 Å². The van der Waals surface area contributed by atoms with Gasteiger partial charge in [-0.05, 0) is 0 Å². The molecule has 0 N–H and O–H groups in total. The Morgan fingerprint density at radius 3 is 2.11 bits per heavy atom. The standard InChI is InChI=1S/C4H9.2CH3O.Sn.H/c1-3-4-2;2*1-2;;/h1,3-4H2,2H3;2*1H3;;/q;2*-1;+2;. The van der Waals surface area contributed by atoms with Gasteiger partial charge < -0.3 is 0 Å². The van der Waals surface area contributed by atoms with E-state index >= 15 is 0 Å². The Balaban J connectivity index is 3.09. The molecule has 2 nitrogen and oxygen atoms in total. The molecule has 0 aliphatic rings. The van der Waals surface area contributed by atoms with Crippen molar-refractivity contribution in [1.29, 1.82) is 0 Å². The Labute approximate surface area is 65.4 Å². The van der Waals surface area contributed by atoms with E-state index in [0.717, 1.165) is 0 Å². The van der Waals surface area contributed by atoms with Gasteiger partial charge in [-0.2, -0.15) is 0 Å². The minimum absolute atomic E-state index is 1.21. The fourth-order valence-corrected chi connectivity index (χ4v) is 4.71. The third-order valence-corrected chi connectivity index (χ3v) is 6.83. The Morgan fingerprint density at radius 1 is 1.22 bits per heavy atom. The molecule has 0 spiro atoms. The van der Waals surface area contributed by atoms with Crippen molar-refractivity contribution in [2.45, 2.75) is 24.2 Å². The van der Waals surface area contributed by atoms with E-state index in [1.807, 2.05) is 0 Å². The molecule has 0 saturated heterocycles. The number of rotatable bonds is 5. The summed E-state index contributed by atoms with van der Waals surface area (Å²) in [6.07, 6.45) is 2.52. The first-order valence-corrected chi connectivity index (χ1v) is 8.42. The molecule has 9 heavy (non-hydrogen) atoms. The molecular formula is C6H16O2Sn. The first-order chi connectivity index (χ1) is 4.35. The van der Waals surface area contributed by atoms with Crippen LogP contribution >= 0.6 is 0 Å². The normalized spacial score (nSPS) is 10.7. The molecule has 0 heterocycles. The molecule has 0 atom stereocenters. The summed E-state index contributed by atoms with van der Waals surface area (Å²) < 4.78 is 11.6. The minimum atomic E-state index is -1.83. The van der Waals surface area contributed by atoms with E-state index in [2.05, 4.69) is 6.92 Å². The zero-order valence-electron chi connectivity index (χ0n) is 6.52. The fourth-order valence-electron chi connectivity index (χ4n) is 0.703. The van der Waals surface area contributed by atoms with Gasteiger partial charge in [0, 0.05) is 0 Å². The Hall–Kier alpha value is 0.719. The molecule has 0 aliphatic carbocycles. The average molecular weight is 239 g/mol. The summed E-state index contributed by atoms with van der Waals surface area (Å²) in [7, 11) is 3.53. The van der Waals surface area contributed by atoms with Crippen LogP contribution in [-0.2, 0) is 6.15 Å². The van der Waals surface area contributed by atoms with Crippen molar-refractivity contribution in [1.82, 2.24) is 0 Å². The molecule has 0 unspecified atom stereocenters. The molecule has 0 fully saturated rings. The summed E-state index contributed by atoms with van der Waals surface area (Å²) in [5, 5.41) is 0. The van der Waals surface area contributed by atoms with Crippen molar-refractivity contribution in [2.75, 3.05) is 14.2 Å². The number of hydrogen-bond acceptors (Lipinski definition) is 2. The summed E-state index contributed by atoms with van der Waals surface area (Å²) in [5.74, 6) is 0. The van der Waals surface area contributed by atoms with Crippen LogP contribution in [0.25, 0.3) is 0 Å². The van der Waals surface area contributed by atoms with E-state index < -0.39 is 20.6 Å². The quantitative estimate of drug-likeness (QED) is 0.673. The first-order valence-electron chi connectivity index (χ1n) is 3.40. The predicted molar refractivity (Wildman–Crippen MR) is 40.9 cm³/mol. The van der Waals surface area contributed by atoms with Gasteiger partial charge in [-0.25, -0.2) is 0 Å². The molecular weight excluding hydrogens is 223 g/mol. The van der Waals surface area contributed by atoms with E-state index in [4.69, 9.17) is 6.15 Å². The fraction of sp³-hybridized carbons (Fsp3) is 1.00. The Bertz CT molecular complexity index is 55.0. The zero-order valence-corrected chi connectivity index (χ0v) is 9.81. The summed E-state index contributed by atoms with van der Waals surface area (Å²) in [6, 6.07) is 0. The van der Waals surface area contributed by atoms with Crippen molar-refractivity contribution >= 4 is 20.6 Å². The second kappa shape index (κ2) is 6.83. The third-order valence-electron chi connectivity index (χ3n) is 1.32. The van der Waals surface area contributed by atoms with E-state index in [-0.39, 0.29) is 0 Å². The van der Waals surface area contributed by atoms with Crippen molar-refractivity contribution in [2.24, 2.45) is 0 Å². The molecule has 3 heteroatoms. The Kier molecular flexibility index (Phi) is 7.38. The summed E-state index contributed by atoms with van der Waals surface area (Å²) in [6.45, 7) is 2.19. The molecule has 0 rings (SSSR count). The van der Waals surface area contributed by atoms with Crippen LogP contribution in [-0.4, -0.2) is 34.8 Å². The van der Waals surface area contributed by atoms with Gasteiger partial charge in [0.25, 0.3) is 0 Å². The van der Waals surface area contributed by atoms with Crippen LogP contribution in [0.15, 0.2) is 0 Å². The zero-order chi connectivity index (χ0) is 7.11. The van der Waals surface area contributed by atoms with E-state index in [9.17, 15) is 0 Å². The van der Waals surface area contributed by atoms with Gasteiger partial charge in [-0.1, -0.05) is 0 Å². The summed E-state index contributed by atoms with van der Waals surface area (Å²) >= 11 is -1.83. The SMILES string of the molecule is CCC[CH2][SnH]([O]C)[O]C. The Morgan fingerprint density at radius 2 is 1.78 bits per heavy atom. The second-order valence-electron chi connectivity index (χ2n) is 2.04. The van der Waals surface area contributed by atoms with Crippen LogP contribution in [0, 0.1) is 0 Å². The summed E-state index contributed by atoms with van der Waals surface area (Å²) in [5.41, 5.74) is 0. The molecule has 0 aromatic rings. The van der Waals surface area contributed by atoms with Gasteiger partial charge >= 0.3 is 65.2 Å². The van der Waals surface area contributed by atoms with Gasteiger partial charge in [0.05, 0.1) is 0 Å². The number of unbranched alkanes of at least 4 members (excludes halogenated alkanes) is 1. The van der Waals surface area contributed by atoms with Crippen molar-refractivity contribution in [3.63, 3.8) is 0 Å². The van der Waals surface area contributed by atoms with Gasteiger partial charge in [-0.3, -0.25) is 0 Å². The van der Waals surface area contributed by atoms with Crippen LogP contribution in [0.1, 0.15) is 19.8 Å². The van der Waals surface area contributed by atoms with E-state index in [1.165, 1.54) is 17.3 Å². The maximum absolute atomic E-state index is 5.19. The topological polar surface area (TPSA) is 18.5 Å². The van der Waals surface area contributed by atoms with Crippen LogP contribution in [0.4, 0.5) is 0 Å². The summed E-state index contributed by atoms with van der Waals surface area (Å²) in [4.78, 5) is 0. The van der Waals surface area contributed by atoms with Crippen molar-refractivity contribution < 1.29 is 6.15 Å². The molecule has 0 aliphatic heterocycles. The van der Waals surface area contributed by atoms with Crippen LogP contribution in [0.2, 0.25) is 4.44 Å². The first kappa shape index (κ1) is 9.72. The third kappa shape index (κ3) is 5.18. The maximum atomic E-state index is 5.19. The average Bonchev–Trinajstić information content (AvgIpc) is 1.91. The molecule has 0 saturated carbocycles.